The lowest BCUT2D eigenvalue weighted by Gasteiger charge is -2.24. The normalized spacial score (nSPS) is 12.3. The van der Waals surface area contributed by atoms with Gasteiger partial charge in [-0.15, -0.1) is 0 Å². The molecule has 0 amide bonds. The zero-order valence-corrected chi connectivity index (χ0v) is 25.1. The molecule has 4 rings (SSSR count). The third-order valence-corrected chi connectivity index (χ3v) is 7.39. The van der Waals surface area contributed by atoms with E-state index in [0.717, 1.165) is 27.5 Å². The van der Waals surface area contributed by atoms with Crippen LogP contribution >= 0.6 is 0 Å². The number of carbonyl (C=O) groups is 2. The zero-order chi connectivity index (χ0) is 31.6. The number of methoxy groups -OCH3 is 2. The molecule has 4 aromatic rings. The molecule has 0 fully saturated rings. The molecule has 0 saturated heterocycles. The minimum Gasteiger partial charge on any atom is -0.508 e. The smallest absolute Gasteiger partial charge is 0.310 e. The first-order valence-electron chi connectivity index (χ1n) is 14.4. The highest BCUT2D eigenvalue weighted by atomic mass is 16.6. The molecule has 0 aliphatic rings. The largest absolute Gasteiger partial charge is 0.508 e. The fraction of sp³-hybridized carbons (Fsp3) is 0.314. The number of ether oxygens (including phenoxy) is 4. The molecule has 9 heteroatoms. The van der Waals surface area contributed by atoms with Gasteiger partial charge in [-0.3, -0.25) is 9.59 Å². The van der Waals surface area contributed by atoms with Gasteiger partial charge in [0.25, 0.3) is 0 Å². The fourth-order valence-electron chi connectivity index (χ4n) is 5.17. The molecule has 4 aromatic carbocycles. The molecular formula is C35H38O9. The summed E-state index contributed by atoms with van der Waals surface area (Å²) in [5.74, 6) is 0.0949. The Hall–Kier alpha value is -4.92. The van der Waals surface area contributed by atoms with Gasteiger partial charge in [-0.2, -0.15) is 0 Å². The molecule has 0 spiro atoms. The number of aryl methyl sites for hydroxylation is 2. The molecule has 0 heterocycles. The Labute approximate surface area is 256 Å². The van der Waals surface area contributed by atoms with Crippen LogP contribution in [0.15, 0.2) is 72.8 Å². The first kappa shape index (κ1) is 32.0. The Morgan fingerprint density at radius 2 is 1.18 bits per heavy atom. The third kappa shape index (κ3) is 9.04. The molecule has 0 aromatic heterocycles. The number of aromatic hydroxyl groups is 3. The van der Waals surface area contributed by atoms with Crippen LogP contribution in [0, 0.1) is 0 Å². The maximum Gasteiger partial charge on any atom is 0.310 e. The van der Waals surface area contributed by atoms with Crippen LogP contribution < -0.4 is 9.47 Å². The number of hydrogen-bond donors (Lipinski definition) is 3. The second-order valence-corrected chi connectivity index (χ2v) is 10.7. The number of esters is 2. The summed E-state index contributed by atoms with van der Waals surface area (Å²) < 4.78 is 22.1. The third-order valence-electron chi connectivity index (χ3n) is 7.39. The predicted molar refractivity (Wildman–Crippen MR) is 165 cm³/mol. The second kappa shape index (κ2) is 15.0. The first-order valence-corrected chi connectivity index (χ1v) is 14.4. The van der Waals surface area contributed by atoms with Crippen molar-refractivity contribution in [2.75, 3.05) is 14.2 Å². The van der Waals surface area contributed by atoms with E-state index in [-0.39, 0.29) is 30.1 Å². The van der Waals surface area contributed by atoms with Crippen molar-refractivity contribution < 1.29 is 43.9 Å². The summed E-state index contributed by atoms with van der Waals surface area (Å²) in [6.07, 6.45) is 1.20. The van der Waals surface area contributed by atoms with Crippen molar-refractivity contribution in [3.8, 4) is 28.7 Å². The quantitative estimate of drug-likeness (QED) is 0.148. The van der Waals surface area contributed by atoms with Gasteiger partial charge in [-0.05, 0) is 89.5 Å². The Morgan fingerprint density at radius 1 is 0.659 bits per heavy atom. The van der Waals surface area contributed by atoms with E-state index in [0.29, 0.717) is 37.2 Å². The van der Waals surface area contributed by atoms with Crippen molar-refractivity contribution in [2.24, 2.45) is 0 Å². The van der Waals surface area contributed by atoms with Crippen LogP contribution in [0.3, 0.4) is 0 Å². The average molecular weight is 603 g/mol. The van der Waals surface area contributed by atoms with Crippen molar-refractivity contribution in [1.82, 2.24) is 0 Å². The number of phenols is 3. The van der Waals surface area contributed by atoms with Crippen LogP contribution in [-0.4, -0.2) is 53.7 Å². The van der Waals surface area contributed by atoms with E-state index in [1.165, 1.54) is 21.1 Å². The summed E-state index contributed by atoms with van der Waals surface area (Å²) in [5.41, 5.74) is 2.55. The van der Waals surface area contributed by atoms with Gasteiger partial charge < -0.3 is 34.3 Å². The molecule has 0 saturated carbocycles. The van der Waals surface area contributed by atoms with Gasteiger partial charge in [-0.1, -0.05) is 36.4 Å². The van der Waals surface area contributed by atoms with Crippen molar-refractivity contribution >= 4 is 22.7 Å². The van der Waals surface area contributed by atoms with E-state index in [2.05, 4.69) is 0 Å². The molecule has 9 nitrogen and oxygen atoms in total. The summed E-state index contributed by atoms with van der Waals surface area (Å²) in [4.78, 5) is 25.2. The fourth-order valence-corrected chi connectivity index (χ4v) is 5.17. The summed E-state index contributed by atoms with van der Waals surface area (Å²) >= 11 is 0. The monoisotopic (exact) mass is 602 g/mol. The summed E-state index contributed by atoms with van der Waals surface area (Å²) in [7, 11) is 2.96. The molecule has 0 aliphatic heterocycles. The van der Waals surface area contributed by atoms with E-state index in [1.54, 1.807) is 54.6 Å². The van der Waals surface area contributed by atoms with E-state index in [4.69, 9.17) is 18.9 Å². The van der Waals surface area contributed by atoms with Crippen molar-refractivity contribution in [2.45, 2.75) is 57.7 Å². The van der Waals surface area contributed by atoms with Crippen LogP contribution in [-0.2, 0) is 38.3 Å². The van der Waals surface area contributed by atoms with Crippen LogP contribution in [0.1, 0.15) is 42.9 Å². The van der Waals surface area contributed by atoms with E-state index in [1.807, 2.05) is 18.2 Å². The van der Waals surface area contributed by atoms with Gasteiger partial charge in [0, 0.05) is 13.3 Å². The van der Waals surface area contributed by atoms with Crippen LogP contribution in [0.4, 0.5) is 0 Å². The van der Waals surface area contributed by atoms with Gasteiger partial charge in [0.1, 0.15) is 18.0 Å². The molecule has 3 N–H and O–H groups in total. The first-order chi connectivity index (χ1) is 21.1. The molecule has 0 radical (unpaired) electrons. The number of carbonyl (C=O) groups excluding carboxylic acids is 2. The second-order valence-electron chi connectivity index (χ2n) is 10.7. The van der Waals surface area contributed by atoms with Crippen LogP contribution in [0.5, 0.6) is 28.7 Å². The number of benzene rings is 4. The van der Waals surface area contributed by atoms with Gasteiger partial charge in [0.15, 0.2) is 23.0 Å². The molecular weight excluding hydrogens is 564 g/mol. The van der Waals surface area contributed by atoms with E-state index < -0.39 is 24.1 Å². The van der Waals surface area contributed by atoms with Crippen molar-refractivity contribution in [3.05, 3.63) is 89.5 Å². The SMILES string of the molecule is COc1cc(CCC(CC(CCc2ccc(O)c(OC)c2)OC(=O)Cc2ccc3cc(O)ccc3c2)OC(C)=O)ccc1O. The Morgan fingerprint density at radius 3 is 1.75 bits per heavy atom. The zero-order valence-electron chi connectivity index (χ0n) is 25.1. The topological polar surface area (TPSA) is 132 Å². The minimum atomic E-state index is -0.571. The average Bonchev–Trinajstić information content (AvgIpc) is 2.99. The van der Waals surface area contributed by atoms with Gasteiger partial charge in [0.05, 0.1) is 20.6 Å². The number of rotatable bonds is 14. The van der Waals surface area contributed by atoms with Gasteiger partial charge in [0.2, 0.25) is 0 Å². The lowest BCUT2D eigenvalue weighted by Crippen LogP contribution is -2.28. The maximum absolute atomic E-state index is 13.2. The molecule has 44 heavy (non-hydrogen) atoms. The standard InChI is InChI=1S/C35H38O9/c1-22(36)43-29(12-5-23-7-14-31(38)33(17-23)41-2)21-30(13-6-24-8-15-32(39)34(18-24)42-3)44-35(40)19-25-4-9-27-20-28(37)11-10-26(27)16-25/h4,7-11,14-18,20,29-30,37-39H,5-6,12-13,19,21H2,1-3H3. The molecule has 2 atom stereocenters. The minimum absolute atomic E-state index is 0.0330. The van der Waals surface area contributed by atoms with Crippen molar-refractivity contribution in [3.63, 3.8) is 0 Å². The number of fused-ring (bicyclic) bond motifs is 1. The van der Waals surface area contributed by atoms with E-state index in [9.17, 15) is 24.9 Å². The van der Waals surface area contributed by atoms with Crippen molar-refractivity contribution in [1.29, 1.82) is 0 Å². The van der Waals surface area contributed by atoms with Crippen LogP contribution in [0.2, 0.25) is 0 Å². The molecule has 232 valence electrons. The molecule has 2 unspecified atom stereocenters. The number of hydrogen-bond acceptors (Lipinski definition) is 9. The Kier molecular flexibility index (Phi) is 10.9. The van der Waals surface area contributed by atoms with Gasteiger partial charge in [-0.25, -0.2) is 0 Å². The summed E-state index contributed by atoms with van der Waals surface area (Å²) in [5, 5.41) is 31.4. The highest BCUT2D eigenvalue weighted by molar-refractivity contribution is 5.85. The number of phenolic OH excluding ortho intramolecular Hbond substituents is 3. The maximum atomic E-state index is 13.2. The van der Waals surface area contributed by atoms with E-state index >= 15 is 0 Å². The highest BCUT2D eigenvalue weighted by Crippen LogP contribution is 2.29. The molecule has 0 bridgehead atoms. The van der Waals surface area contributed by atoms with Crippen LogP contribution in [0.25, 0.3) is 10.8 Å². The van der Waals surface area contributed by atoms with Gasteiger partial charge >= 0.3 is 11.9 Å². The lowest BCUT2D eigenvalue weighted by molar-refractivity contribution is -0.154. The summed E-state index contributed by atoms with van der Waals surface area (Å²) in [6.45, 7) is 1.35. The Bertz CT molecular complexity index is 1600. The lowest BCUT2D eigenvalue weighted by atomic mass is 9.98. The Balaban J connectivity index is 1.49. The predicted octanol–water partition coefficient (Wildman–Crippen LogP) is 6.02. The summed E-state index contributed by atoms with van der Waals surface area (Å²) in [6, 6.07) is 20.8. The highest BCUT2D eigenvalue weighted by Gasteiger charge is 2.23. The molecule has 0 aliphatic carbocycles.